The van der Waals surface area contributed by atoms with Crippen molar-refractivity contribution < 1.29 is 9.59 Å². The number of benzene rings is 1. The van der Waals surface area contributed by atoms with Crippen molar-refractivity contribution in [3.05, 3.63) is 35.4 Å². The van der Waals surface area contributed by atoms with Gasteiger partial charge in [0.15, 0.2) is 0 Å². The maximum absolute atomic E-state index is 11.9. The van der Waals surface area contributed by atoms with Gasteiger partial charge in [0.1, 0.15) is 11.6 Å². The molecule has 0 aliphatic carbocycles. The van der Waals surface area contributed by atoms with Gasteiger partial charge in [0, 0.05) is 23.5 Å². The Bertz CT molecular complexity index is 513. The molecule has 1 aromatic rings. The van der Waals surface area contributed by atoms with Crippen LogP contribution in [0.15, 0.2) is 24.3 Å². The van der Waals surface area contributed by atoms with E-state index in [0.29, 0.717) is 6.42 Å². The van der Waals surface area contributed by atoms with Crippen LogP contribution in [0, 0.1) is 25.2 Å². The number of rotatable bonds is 5. The molecule has 3 heteroatoms. The van der Waals surface area contributed by atoms with Gasteiger partial charge in [-0.2, -0.15) is 11.8 Å². The lowest BCUT2D eigenvalue weighted by atomic mass is 9.77. The van der Waals surface area contributed by atoms with Crippen molar-refractivity contribution in [3.8, 4) is 0 Å². The van der Waals surface area contributed by atoms with E-state index in [1.165, 1.54) is 11.1 Å². The molecule has 0 saturated carbocycles. The van der Waals surface area contributed by atoms with Gasteiger partial charge in [-0.25, -0.2) is 0 Å². The van der Waals surface area contributed by atoms with E-state index < -0.39 is 0 Å². The number of hydrogen-bond donors (Lipinski definition) is 0. The first kappa shape index (κ1) is 20.0. The average molecular weight is 335 g/mol. The molecule has 0 radical (unpaired) electrons. The summed E-state index contributed by atoms with van der Waals surface area (Å²) in [5.74, 6) is 2.42. The fourth-order valence-corrected chi connectivity index (χ4v) is 4.21. The van der Waals surface area contributed by atoms with E-state index in [1.807, 2.05) is 13.8 Å². The third-order valence-corrected chi connectivity index (χ3v) is 5.95. The molecule has 1 fully saturated rings. The van der Waals surface area contributed by atoms with Crippen LogP contribution in [-0.2, 0) is 9.59 Å². The zero-order valence-electron chi connectivity index (χ0n) is 15.1. The van der Waals surface area contributed by atoms with Crippen molar-refractivity contribution in [3.63, 3.8) is 0 Å². The van der Waals surface area contributed by atoms with Gasteiger partial charge in [0.05, 0.1) is 0 Å². The van der Waals surface area contributed by atoms with E-state index in [0.717, 1.165) is 24.3 Å². The van der Waals surface area contributed by atoms with E-state index in [-0.39, 0.29) is 22.9 Å². The summed E-state index contributed by atoms with van der Waals surface area (Å²) >= 11 is 1.80. The van der Waals surface area contributed by atoms with Gasteiger partial charge in [-0.05, 0) is 39.4 Å². The van der Waals surface area contributed by atoms with Crippen molar-refractivity contribution in [2.45, 2.75) is 53.9 Å². The molecule has 128 valence electrons. The average Bonchev–Trinajstić information content (AvgIpc) is 2.96. The van der Waals surface area contributed by atoms with Crippen molar-refractivity contribution in [1.29, 1.82) is 0 Å². The monoisotopic (exact) mass is 334 g/mol. The topological polar surface area (TPSA) is 34.1 Å². The Morgan fingerprint density at radius 1 is 1.26 bits per heavy atom. The lowest BCUT2D eigenvalue weighted by Gasteiger charge is -2.25. The smallest absolute Gasteiger partial charge is 0.137 e. The molecule has 2 rings (SSSR count). The Morgan fingerprint density at radius 3 is 2.22 bits per heavy atom. The molecule has 1 aliphatic rings. The number of carbonyl (C=O) groups is 2. The van der Waals surface area contributed by atoms with E-state index in [4.69, 9.17) is 0 Å². The van der Waals surface area contributed by atoms with Crippen LogP contribution in [0.3, 0.4) is 0 Å². The highest BCUT2D eigenvalue weighted by atomic mass is 32.2. The summed E-state index contributed by atoms with van der Waals surface area (Å²) < 4.78 is 0. The second kappa shape index (κ2) is 9.27. The number of carbonyl (C=O) groups excluding carboxylic acids is 2. The minimum absolute atomic E-state index is 0.104. The highest BCUT2D eigenvalue weighted by Crippen LogP contribution is 2.40. The van der Waals surface area contributed by atoms with Crippen LogP contribution in [0.5, 0.6) is 0 Å². The summed E-state index contributed by atoms with van der Waals surface area (Å²) in [5.41, 5.74) is 2.35. The van der Waals surface area contributed by atoms with Crippen molar-refractivity contribution >= 4 is 23.3 Å². The van der Waals surface area contributed by atoms with E-state index in [9.17, 15) is 9.59 Å². The summed E-state index contributed by atoms with van der Waals surface area (Å²) in [7, 11) is 0. The summed E-state index contributed by atoms with van der Waals surface area (Å²) in [6.45, 7) is 9.82. The number of Topliss-reactive ketones (excluding diaryl/α,β-unsaturated/α-hetero) is 2. The molecule has 2 unspecified atom stereocenters. The Kier molecular flexibility index (Phi) is 8.04. The quantitative estimate of drug-likeness (QED) is 0.759. The fraction of sp³-hybridized carbons (Fsp3) is 0.600. The molecule has 2 atom stereocenters. The third kappa shape index (κ3) is 6.14. The molecule has 0 amide bonds. The summed E-state index contributed by atoms with van der Waals surface area (Å²) in [4.78, 5) is 23.5. The van der Waals surface area contributed by atoms with Crippen molar-refractivity contribution in [2.24, 2.45) is 11.3 Å². The molecular weight excluding hydrogens is 304 g/mol. The Balaban J connectivity index is 0.000000277. The number of thioether (sulfide) groups is 1. The first-order valence-corrected chi connectivity index (χ1v) is 9.61. The van der Waals surface area contributed by atoms with Crippen LogP contribution in [-0.4, -0.2) is 23.1 Å². The SMILES string of the molecule is CCC(C)C(=O)CC1(C(C)=O)CCSC1.Cc1cccc(C)c1. The van der Waals surface area contributed by atoms with Crippen LogP contribution in [0.4, 0.5) is 0 Å². The van der Waals surface area contributed by atoms with Gasteiger partial charge in [-0.1, -0.05) is 49.2 Å². The van der Waals surface area contributed by atoms with Gasteiger partial charge in [-0.15, -0.1) is 0 Å². The van der Waals surface area contributed by atoms with Crippen LogP contribution < -0.4 is 0 Å². The fourth-order valence-electron chi connectivity index (χ4n) is 2.69. The molecule has 0 aromatic heterocycles. The predicted molar refractivity (Wildman–Crippen MR) is 100 cm³/mol. The Hall–Kier alpha value is -1.09. The number of ketones is 2. The van der Waals surface area contributed by atoms with Crippen LogP contribution in [0.2, 0.25) is 0 Å². The minimum Gasteiger partial charge on any atom is -0.299 e. The molecule has 1 aliphatic heterocycles. The van der Waals surface area contributed by atoms with Crippen LogP contribution in [0.1, 0.15) is 51.2 Å². The lowest BCUT2D eigenvalue weighted by Crippen LogP contribution is -2.33. The third-order valence-electron chi connectivity index (χ3n) is 4.70. The largest absolute Gasteiger partial charge is 0.299 e. The second-order valence-electron chi connectivity index (χ2n) is 6.75. The molecule has 0 spiro atoms. The zero-order valence-corrected chi connectivity index (χ0v) is 16.0. The maximum Gasteiger partial charge on any atom is 0.137 e. The Labute approximate surface area is 145 Å². The van der Waals surface area contributed by atoms with E-state index in [1.54, 1.807) is 18.7 Å². The normalized spacial score (nSPS) is 21.3. The van der Waals surface area contributed by atoms with Gasteiger partial charge < -0.3 is 0 Å². The molecule has 1 saturated heterocycles. The highest BCUT2D eigenvalue weighted by Gasteiger charge is 2.41. The minimum atomic E-state index is -0.328. The predicted octanol–water partition coefficient (Wildman–Crippen LogP) is 5.01. The van der Waals surface area contributed by atoms with Gasteiger partial charge in [-0.3, -0.25) is 9.59 Å². The molecular formula is C20H30O2S. The van der Waals surface area contributed by atoms with Crippen molar-refractivity contribution in [1.82, 2.24) is 0 Å². The van der Waals surface area contributed by atoms with Gasteiger partial charge in [0.25, 0.3) is 0 Å². The molecule has 0 N–H and O–H groups in total. The van der Waals surface area contributed by atoms with Crippen LogP contribution >= 0.6 is 11.8 Å². The summed E-state index contributed by atoms with van der Waals surface area (Å²) in [6, 6.07) is 8.45. The van der Waals surface area contributed by atoms with Gasteiger partial charge >= 0.3 is 0 Å². The lowest BCUT2D eigenvalue weighted by molar-refractivity contribution is -0.132. The van der Waals surface area contributed by atoms with Gasteiger partial charge in [0.2, 0.25) is 0 Å². The molecule has 1 heterocycles. The maximum atomic E-state index is 11.9. The molecule has 23 heavy (non-hydrogen) atoms. The molecule has 2 nitrogen and oxygen atoms in total. The number of aryl methyl sites for hydroxylation is 2. The molecule has 0 bridgehead atoms. The van der Waals surface area contributed by atoms with Crippen LogP contribution in [0.25, 0.3) is 0 Å². The zero-order chi connectivity index (χ0) is 17.5. The first-order valence-electron chi connectivity index (χ1n) is 8.45. The highest BCUT2D eigenvalue weighted by molar-refractivity contribution is 7.99. The van der Waals surface area contributed by atoms with E-state index in [2.05, 4.69) is 38.1 Å². The molecule has 1 aromatic carbocycles. The number of hydrogen-bond acceptors (Lipinski definition) is 3. The van der Waals surface area contributed by atoms with Crippen molar-refractivity contribution in [2.75, 3.05) is 11.5 Å². The Morgan fingerprint density at radius 2 is 1.87 bits per heavy atom. The standard InChI is InChI=1S/C12H20O2S.C8H10/c1-4-9(2)11(14)7-12(10(3)13)5-6-15-8-12;1-7-4-3-5-8(2)6-7/h9H,4-8H2,1-3H3;3-6H,1-2H3. The first-order chi connectivity index (χ1) is 10.8. The summed E-state index contributed by atoms with van der Waals surface area (Å²) in [6.07, 6.45) is 2.22. The van der Waals surface area contributed by atoms with E-state index >= 15 is 0 Å². The second-order valence-corrected chi connectivity index (χ2v) is 7.85. The summed E-state index contributed by atoms with van der Waals surface area (Å²) in [5, 5.41) is 0.